The normalized spacial score (nSPS) is 15.7. The molecular weight excluding hydrogens is 386 g/mol. The van der Waals surface area contributed by atoms with Gasteiger partial charge in [0.25, 0.3) is 0 Å². The van der Waals surface area contributed by atoms with Gasteiger partial charge in [0.2, 0.25) is 11.1 Å². The number of hydrogen-bond donors (Lipinski definition) is 0. The van der Waals surface area contributed by atoms with Crippen molar-refractivity contribution in [2.45, 2.75) is 49.1 Å². The molecule has 9 heteroatoms. The molecular formula is C18H24ClN5O2S. The summed E-state index contributed by atoms with van der Waals surface area (Å²) in [5.41, 5.74) is 0. The van der Waals surface area contributed by atoms with Gasteiger partial charge in [-0.3, -0.25) is 4.79 Å². The largest absolute Gasteiger partial charge is 0.492 e. The number of likely N-dealkylation sites (N-methyl/N-ethyl adjacent to an activating group) is 1. The molecule has 1 unspecified atom stereocenters. The van der Waals surface area contributed by atoms with Crippen molar-refractivity contribution in [3.8, 4) is 5.75 Å². The van der Waals surface area contributed by atoms with Gasteiger partial charge in [0.05, 0.1) is 17.8 Å². The standard InChI is InChI=1S/C18H24ClN5O2S/c1-13(27-18-20-21-22-24(18)15-5-3-4-6-15)17(25)23(2)11-12-26-16-9-7-14(19)8-10-16/h7-10,13,15H,3-6,11-12H2,1-2H3. The second-order valence-corrected chi connectivity index (χ2v) is 8.41. The minimum absolute atomic E-state index is 0.0284. The van der Waals surface area contributed by atoms with E-state index in [1.165, 1.54) is 24.6 Å². The van der Waals surface area contributed by atoms with Crippen molar-refractivity contribution in [3.63, 3.8) is 0 Å². The van der Waals surface area contributed by atoms with Crippen molar-refractivity contribution < 1.29 is 9.53 Å². The number of rotatable bonds is 8. The van der Waals surface area contributed by atoms with Gasteiger partial charge < -0.3 is 9.64 Å². The first-order valence-electron chi connectivity index (χ1n) is 9.12. The Morgan fingerprint density at radius 3 is 2.78 bits per heavy atom. The third-order valence-corrected chi connectivity index (χ3v) is 5.94. The molecule has 2 aromatic rings. The zero-order valence-electron chi connectivity index (χ0n) is 15.5. The highest BCUT2D eigenvalue weighted by Gasteiger charge is 2.25. The van der Waals surface area contributed by atoms with Gasteiger partial charge in [-0.15, -0.1) is 5.10 Å². The van der Waals surface area contributed by atoms with Crippen LogP contribution in [-0.2, 0) is 4.79 Å². The molecule has 1 aromatic heterocycles. The van der Waals surface area contributed by atoms with E-state index in [4.69, 9.17) is 16.3 Å². The molecule has 1 aromatic carbocycles. The second-order valence-electron chi connectivity index (χ2n) is 6.67. The number of ether oxygens (including phenoxy) is 1. The number of nitrogens with zero attached hydrogens (tertiary/aromatic N) is 5. The third-order valence-electron chi connectivity index (χ3n) is 4.65. The molecule has 3 rings (SSSR count). The molecule has 1 aliphatic carbocycles. The maximum Gasteiger partial charge on any atom is 0.235 e. The first kappa shape index (κ1) is 19.9. The molecule has 1 fully saturated rings. The van der Waals surface area contributed by atoms with Crippen molar-refractivity contribution in [2.75, 3.05) is 20.2 Å². The van der Waals surface area contributed by atoms with Gasteiger partial charge in [0.15, 0.2) is 0 Å². The predicted octanol–water partition coefficient (Wildman–Crippen LogP) is 3.46. The highest BCUT2D eigenvalue weighted by atomic mass is 35.5. The zero-order chi connectivity index (χ0) is 19.2. The Kier molecular flexibility index (Phi) is 6.95. The van der Waals surface area contributed by atoms with E-state index in [0.717, 1.165) is 18.6 Å². The van der Waals surface area contributed by atoms with Gasteiger partial charge in [0, 0.05) is 12.1 Å². The lowest BCUT2D eigenvalue weighted by Gasteiger charge is -2.21. The summed E-state index contributed by atoms with van der Waals surface area (Å²) in [7, 11) is 1.78. The van der Waals surface area contributed by atoms with Crippen molar-refractivity contribution in [1.29, 1.82) is 0 Å². The average Bonchev–Trinajstić information content (AvgIpc) is 3.34. The molecule has 0 spiro atoms. The quantitative estimate of drug-likeness (QED) is 0.621. The number of carbonyl (C=O) groups is 1. The number of carbonyl (C=O) groups excluding carboxylic acids is 1. The summed E-state index contributed by atoms with van der Waals surface area (Å²) in [6, 6.07) is 7.53. The van der Waals surface area contributed by atoms with Gasteiger partial charge in [-0.1, -0.05) is 36.2 Å². The van der Waals surface area contributed by atoms with E-state index in [-0.39, 0.29) is 11.2 Å². The van der Waals surface area contributed by atoms with Gasteiger partial charge in [-0.05, 0) is 54.5 Å². The van der Waals surface area contributed by atoms with Crippen LogP contribution in [0.3, 0.4) is 0 Å². The molecule has 0 radical (unpaired) electrons. The van der Waals surface area contributed by atoms with Crippen LogP contribution in [0, 0.1) is 0 Å². The molecule has 1 saturated carbocycles. The highest BCUT2D eigenvalue weighted by Crippen LogP contribution is 2.32. The van der Waals surface area contributed by atoms with Gasteiger partial charge in [0.1, 0.15) is 12.4 Å². The lowest BCUT2D eigenvalue weighted by Crippen LogP contribution is -2.36. The number of aromatic nitrogens is 4. The lowest BCUT2D eigenvalue weighted by molar-refractivity contribution is -0.129. The fourth-order valence-corrected chi connectivity index (χ4v) is 4.20. The van der Waals surface area contributed by atoms with Crippen LogP contribution in [0.25, 0.3) is 0 Å². The van der Waals surface area contributed by atoms with E-state index in [1.807, 2.05) is 23.7 Å². The smallest absolute Gasteiger partial charge is 0.235 e. The topological polar surface area (TPSA) is 73.1 Å². The molecule has 0 saturated heterocycles. The zero-order valence-corrected chi connectivity index (χ0v) is 17.1. The summed E-state index contributed by atoms with van der Waals surface area (Å²) >= 11 is 7.27. The van der Waals surface area contributed by atoms with E-state index >= 15 is 0 Å². The van der Waals surface area contributed by atoms with Gasteiger partial charge in [-0.2, -0.15) is 0 Å². The van der Waals surface area contributed by atoms with Crippen molar-refractivity contribution in [3.05, 3.63) is 29.3 Å². The number of halogens is 1. The molecule has 1 aliphatic rings. The molecule has 146 valence electrons. The Hall–Kier alpha value is -1.80. The van der Waals surface area contributed by atoms with E-state index < -0.39 is 0 Å². The molecule has 0 aliphatic heterocycles. The van der Waals surface area contributed by atoms with Gasteiger partial charge >= 0.3 is 0 Å². The van der Waals surface area contributed by atoms with Crippen LogP contribution in [0.2, 0.25) is 5.02 Å². The average molecular weight is 410 g/mol. The molecule has 0 N–H and O–H groups in total. The molecule has 1 amide bonds. The molecule has 0 bridgehead atoms. The molecule has 1 atom stereocenters. The van der Waals surface area contributed by atoms with E-state index in [1.54, 1.807) is 24.1 Å². The predicted molar refractivity (Wildman–Crippen MR) is 105 cm³/mol. The minimum atomic E-state index is -0.267. The van der Waals surface area contributed by atoms with E-state index in [9.17, 15) is 4.79 Å². The third kappa shape index (κ3) is 5.35. The van der Waals surface area contributed by atoms with Crippen molar-refractivity contribution in [1.82, 2.24) is 25.1 Å². The SMILES string of the molecule is CC(Sc1nnnn1C1CCCC1)C(=O)N(C)CCOc1ccc(Cl)cc1. The molecule has 7 nitrogen and oxygen atoms in total. The Labute approximate surface area is 168 Å². The van der Waals surface area contributed by atoms with Crippen LogP contribution in [-0.4, -0.2) is 56.5 Å². The Morgan fingerprint density at radius 2 is 2.07 bits per heavy atom. The number of thioether (sulfide) groups is 1. The van der Waals surface area contributed by atoms with Crippen LogP contribution in [0.4, 0.5) is 0 Å². The molecule has 1 heterocycles. The number of amides is 1. The fourth-order valence-electron chi connectivity index (χ4n) is 3.10. The lowest BCUT2D eigenvalue weighted by atomic mass is 10.3. The molecule has 27 heavy (non-hydrogen) atoms. The number of tetrazole rings is 1. The summed E-state index contributed by atoms with van der Waals surface area (Å²) in [5, 5.41) is 13.2. The maximum atomic E-state index is 12.6. The van der Waals surface area contributed by atoms with Crippen LogP contribution >= 0.6 is 23.4 Å². The fraction of sp³-hybridized carbons (Fsp3) is 0.556. The summed E-state index contributed by atoms with van der Waals surface area (Å²) < 4.78 is 7.54. The van der Waals surface area contributed by atoms with E-state index in [0.29, 0.717) is 29.4 Å². The first-order valence-corrected chi connectivity index (χ1v) is 10.4. The number of benzene rings is 1. The summed E-state index contributed by atoms with van der Waals surface area (Å²) in [5.74, 6) is 0.763. The Morgan fingerprint density at radius 1 is 1.37 bits per heavy atom. The summed E-state index contributed by atoms with van der Waals surface area (Å²) in [6.07, 6.45) is 4.62. The van der Waals surface area contributed by atoms with Crippen molar-refractivity contribution >= 4 is 29.3 Å². The van der Waals surface area contributed by atoms with Crippen LogP contribution in [0.15, 0.2) is 29.4 Å². The van der Waals surface area contributed by atoms with Gasteiger partial charge in [-0.25, -0.2) is 4.68 Å². The monoisotopic (exact) mass is 409 g/mol. The van der Waals surface area contributed by atoms with E-state index in [2.05, 4.69) is 15.5 Å². The van der Waals surface area contributed by atoms with Crippen LogP contribution < -0.4 is 4.74 Å². The maximum absolute atomic E-state index is 12.6. The Balaban J connectivity index is 1.48. The number of hydrogen-bond acceptors (Lipinski definition) is 6. The van der Waals surface area contributed by atoms with Crippen LogP contribution in [0.1, 0.15) is 38.6 Å². The van der Waals surface area contributed by atoms with Crippen LogP contribution in [0.5, 0.6) is 5.75 Å². The first-order chi connectivity index (χ1) is 13.0. The summed E-state index contributed by atoms with van der Waals surface area (Å²) in [6.45, 7) is 2.80. The van der Waals surface area contributed by atoms with Crippen molar-refractivity contribution in [2.24, 2.45) is 0 Å². The second kappa shape index (κ2) is 9.41. The highest BCUT2D eigenvalue weighted by molar-refractivity contribution is 8.00. The summed E-state index contributed by atoms with van der Waals surface area (Å²) in [4.78, 5) is 14.3. The minimum Gasteiger partial charge on any atom is -0.492 e. The Bertz CT molecular complexity index is 748.